The van der Waals surface area contributed by atoms with Crippen LogP contribution in [0, 0.1) is 0 Å². The second-order valence-corrected chi connectivity index (χ2v) is 13.8. The van der Waals surface area contributed by atoms with E-state index >= 15 is 0 Å². The molecule has 2 unspecified atom stereocenters. The minimum atomic E-state index is -1.13. The number of likely N-dealkylation sites (N-methyl/N-ethyl adjacent to an activating group) is 1. The lowest BCUT2D eigenvalue weighted by molar-refractivity contribution is -0.889. The third-order valence-corrected chi connectivity index (χ3v) is 8.26. The second-order valence-electron chi connectivity index (χ2n) is 13.8. The van der Waals surface area contributed by atoms with Gasteiger partial charge in [-0.25, -0.2) is 0 Å². The number of carbonyl (C=O) groups is 3. The number of nitrogens with zero attached hydrogens (tertiary/aromatic N) is 1. The van der Waals surface area contributed by atoms with Crippen LogP contribution in [-0.4, -0.2) is 75.5 Å². The summed E-state index contributed by atoms with van der Waals surface area (Å²) in [6.07, 6.45) is 33.1. The number of carboxylic acid groups (broad SMARTS) is 1. The third kappa shape index (κ3) is 29.7. The summed E-state index contributed by atoms with van der Waals surface area (Å²) in [6, 6.07) is -0.727. The summed E-state index contributed by atoms with van der Waals surface area (Å²) in [7, 11) is 5.38. The third-order valence-electron chi connectivity index (χ3n) is 8.26. The minimum Gasteiger partial charge on any atom is -0.544 e. The van der Waals surface area contributed by atoms with E-state index in [4.69, 9.17) is 14.2 Å². The summed E-state index contributed by atoms with van der Waals surface area (Å²) in [5.41, 5.74) is 0. The number of carboxylic acids is 1. The van der Waals surface area contributed by atoms with Crippen molar-refractivity contribution in [3.8, 4) is 0 Å². The highest BCUT2D eigenvalue weighted by Crippen LogP contribution is 2.12. The maximum Gasteiger partial charge on any atom is 0.306 e. The van der Waals surface area contributed by atoms with Gasteiger partial charge in [0.15, 0.2) is 6.10 Å². The van der Waals surface area contributed by atoms with E-state index in [1.807, 2.05) is 0 Å². The molecule has 0 aliphatic carbocycles. The Hall–Kier alpha value is -2.45. The SMILES string of the molecule is CC/C=C/C/C=C/CCCCCCCC(=O)OC(COCCC(C(=O)[O-])[N+](C)(C)C)COC(=O)CCCCCCC/C=C/CCCCC. The fraction of sp³-hybridized carbons (Fsp3) is 0.775. The molecule has 0 aromatic carbocycles. The summed E-state index contributed by atoms with van der Waals surface area (Å²) >= 11 is 0. The first-order valence-corrected chi connectivity index (χ1v) is 19.0. The largest absolute Gasteiger partial charge is 0.544 e. The van der Waals surface area contributed by atoms with E-state index in [0.29, 0.717) is 12.8 Å². The monoisotopic (exact) mass is 678 g/mol. The average Bonchev–Trinajstić information content (AvgIpc) is 3.03. The zero-order valence-electron chi connectivity index (χ0n) is 31.4. The number of esters is 2. The molecule has 0 saturated heterocycles. The molecule has 0 saturated carbocycles. The Kier molecular flexibility index (Phi) is 30.2. The van der Waals surface area contributed by atoms with Crippen molar-refractivity contribution < 1.29 is 38.2 Å². The van der Waals surface area contributed by atoms with E-state index in [1.54, 1.807) is 21.1 Å². The summed E-state index contributed by atoms with van der Waals surface area (Å²) in [5, 5.41) is 11.6. The van der Waals surface area contributed by atoms with Crippen LogP contribution in [-0.2, 0) is 28.6 Å². The predicted molar refractivity (Wildman–Crippen MR) is 194 cm³/mol. The molecular weight excluding hydrogens is 606 g/mol. The van der Waals surface area contributed by atoms with Gasteiger partial charge < -0.3 is 28.6 Å². The summed E-state index contributed by atoms with van der Waals surface area (Å²) in [4.78, 5) is 36.6. The average molecular weight is 678 g/mol. The second kappa shape index (κ2) is 31.8. The van der Waals surface area contributed by atoms with Crippen LogP contribution in [0.1, 0.15) is 149 Å². The van der Waals surface area contributed by atoms with E-state index in [9.17, 15) is 19.5 Å². The molecule has 0 bridgehead atoms. The number of carbonyl (C=O) groups excluding carboxylic acids is 3. The fourth-order valence-electron chi connectivity index (χ4n) is 5.28. The molecule has 0 aliphatic rings. The van der Waals surface area contributed by atoms with Gasteiger partial charge in [-0.3, -0.25) is 9.59 Å². The Labute approximate surface area is 293 Å². The molecule has 278 valence electrons. The van der Waals surface area contributed by atoms with Gasteiger partial charge in [-0.2, -0.15) is 0 Å². The molecule has 0 radical (unpaired) electrons. The molecule has 0 fully saturated rings. The first-order chi connectivity index (χ1) is 23.1. The van der Waals surface area contributed by atoms with Crippen molar-refractivity contribution in [2.75, 3.05) is 41.0 Å². The molecule has 2 atom stereocenters. The molecule has 0 spiro atoms. The van der Waals surface area contributed by atoms with Crippen molar-refractivity contribution in [3.63, 3.8) is 0 Å². The lowest BCUT2D eigenvalue weighted by Crippen LogP contribution is -2.55. The quantitative estimate of drug-likeness (QED) is 0.0299. The molecule has 48 heavy (non-hydrogen) atoms. The number of rotatable bonds is 33. The van der Waals surface area contributed by atoms with Gasteiger partial charge in [0.25, 0.3) is 0 Å². The zero-order chi connectivity index (χ0) is 35.7. The van der Waals surface area contributed by atoms with Gasteiger partial charge in [-0.15, -0.1) is 0 Å². The van der Waals surface area contributed by atoms with Crippen LogP contribution in [0.15, 0.2) is 36.5 Å². The lowest BCUT2D eigenvalue weighted by Gasteiger charge is -2.34. The highest BCUT2D eigenvalue weighted by molar-refractivity contribution is 5.70. The maximum absolute atomic E-state index is 12.6. The molecule has 0 N–H and O–H groups in total. The maximum atomic E-state index is 12.6. The van der Waals surface area contributed by atoms with Gasteiger partial charge in [0.2, 0.25) is 0 Å². The Morgan fingerprint density at radius 3 is 1.73 bits per heavy atom. The summed E-state index contributed by atoms with van der Waals surface area (Å²) in [5.74, 6) is -1.77. The van der Waals surface area contributed by atoms with Gasteiger partial charge in [0, 0.05) is 19.3 Å². The number of hydrogen-bond donors (Lipinski definition) is 0. The van der Waals surface area contributed by atoms with Gasteiger partial charge >= 0.3 is 11.9 Å². The fourth-order valence-corrected chi connectivity index (χ4v) is 5.28. The number of aliphatic carboxylic acids is 1. The molecule has 0 aliphatic heterocycles. The van der Waals surface area contributed by atoms with Crippen molar-refractivity contribution in [1.82, 2.24) is 0 Å². The van der Waals surface area contributed by atoms with Crippen LogP contribution >= 0.6 is 0 Å². The predicted octanol–water partition coefficient (Wildman–Crippen LogP) is 8.18. The van der Waals surface area contributed by atoms with E-state index in [-0.39, 0.29) is 42.7 Å². The molecule has 8 nitrogen and oxygen atoms in total. The van der Waals surface area contributed by atoms with Crippen LogP contribution in [0.4, 0.5) is 0 Å². The van der Waals surface area contributed by atoms with Crippen LogP contribution in [0.3, 0.4) is 0 Å². The number of allylic oxidation sites excluding steroid dienone is 6. The molecular formula is C40H71NO7. The molecule has 0 aromatic rings. The van der Waals surface area contributed by atoms with Crippen molar-refractivity contribution >= 4 is 17.9 Å². The highest BCUT2D eigenvalue weighted by atomic mass is 16.6. The Morgan fingerprint density at radius 2 is 1.17 bits per heavy atom. The molecule has 0 rings (SSSR count). The van der Waals surface area contributed by atoms with Crippen molar-refractivity contribution in [3.05, 3.63) is 36.5 Å². The standard InChI is InChI=1S/C40H71NO7/c1-6-8-10-12-14-16-18-20-22-24-26-28-30-38(42)47-35-36(34-46-33-32-37(40(44)45)41(3,4)5)48-39(43)31-29-27-25-23-21-19-17-15-13-11-9-7-2/h9,11,14-17,36-37H,6-8,10,12-13,18-35H2,1-5H3/b11-9+,16-14+,17-15+. The number of unbranched alkanes of at least 4 members (excludes halogenated alkanes) is 13. The summed E-state index contributed by atoms with van der Waals surface area (Å²) < 4.78 is 17.0. The van der Waals surface area contributed by atoms with Gasteiger partial charge in [-0.1, -0.05) is 102 Å². The van der Waals surface area contributed by atoms with Crippen LogP contribution in [0.2, 0.25) is 0 Å². The Morgan fingerprint density at radius 1 is 0.646 bits per heavy atom. The zero-order valence-corrected chi connectivity index (χ0v) is 31.4. The van der Waals surface area contributed by atoms with Crippen LogP contribution in [0.5, 0.6) is 0 Å². The van der Waals surface area contributed by atoms with Crippen LogP contribution in [0.25, 0.3) is 0 Å². The Balaban J connectivity index is 4.46. The van der Waals surface area contributed by atoms with Gasteiger partial charge in [0.1, 0.15) is 12.6 Å². The van der Waals surface area contributed by atoms with Crippen molar-refractivity contribution in [2.24, 2.45) is 0 Å². The first-order valence-electron chi connectivity index (χ1n) is 19.0. The number of hydrogen-bond acceptors (Lipinski definition) is 7. The van der Waals surface area contributed by atoms with Crippen molar-refractivity contribution in [2.45, 2.75) is 161 Å². The van der Waals surface area contributed by atoms with Crippen LogP contribution < -0.4 is 5.11 Å². The topological polar surface area (TPSA) is 102 Å². The molecule has 0 aromatic heterocycles. The van der Waals surface area contributed by atoms with Gasteiger partial charge in [-0.05, 0) is 64.2 Å². The smallest absolute Gasteiger partial charge is 0.306 e. The molecule has 0 amide bonds. The highest BCUT2D eigenvalue weighted by Gasteiger charge is 2.25. The molecule has 8 heteroatoms. The normalized spacial score (nSPS) is 13.4. The number of ether oxygens (including phenoxy) is 3. The lowest BCUT2D eigenvalue weighted by atomic mass is 10.1. The minimum absolute atomic E-state index is 0.0325. The molecule has 0 heterocycles. The van der Waals surface area contributed by atoms with E-state index < -0.39 is 18.1 Å². The first kappa shape index (κ1) is 45.6. The van der Waals surface area contributed by atoms with E-state index in [0.717, 1.165) is 83.5 Å². The number of quaternary nitrogens is 1. The van der Waals surface area contributed by atoms with Gasteiger partial charge in [0.05, 0.1) is 40.3 Å². The Bertz CT molecular complexity index is 891. The van der Waals surface area contributed by atoms with Crippen molar-refractivity contribution in [1.29, 1.82) is 0 Å². The van der Waals surface area contributed by atoms with E-state index in [1.165, 1.54) is 32.1 Å². The summed E-state index contributed by atoms with van der Waals surface area (Å²) in [6.45, 7) is 4.48. The van der Waals surface area contributed by atoms with E-state index in [2.05, 4.69) is 50.3 Å².